The summed E-state index contributed by atoms with van der Waals surface area (Å²) in [5, 5.41) is 6.97. The zero-order valence-electron chi connectivity index (χ0n) is 14.6. The standard InChI is InChI=1S/C19H23N3O3/c1-13-15(12-24-21-13)18(23)20-16-11-19(7-9-22(2)10-8-19)25-17-6-4-3-5-14(16)17/h3-6,12,16H,7-11H2,1-2H3,(H,20,23)/t16-/m0/s1. The van der Waals surface area contributed by atoms with Crippen LogP contribution in [0.2, 0.25) is 0 Å². The van der Waals surface area contributed by atoms with Gasteiger partial charge in [-0.3, -0.25) is 4.79 Å². The van der Waals surface area contributed by atoms with Crippen molar-refractivity contribution in [2.45, 2.75) is 37.8 Å². The maximum Gasteiger partial charge on any atom is 0.256 e. The number of ether oxygens (including phenoxy) is 1. The van der Waals surface area contributed by atoms with Crippen LogP contribution in [0.5, 0.6) is 5.75 Å². The van der Waals surface area contributed by atoms with E-state index in [9.17, 15) is 4.79 Å². The molecule has 2 aliphatic rings. The van der Waals surface area contributed by atoms with Crippen molar-refractivity contribution in [2.24, 2.45) is 0 Å². The topological polar surface area (TPSA) is 67.6 Å². The molecule has 2 aliphatic heterocycles. The number of nitrogens with one attached hydrogen (secondary N) is 1. The summed E-state index contributed by atoms with van der Waals surface area (Å²) in [6.45, 7) is 3.79. The molecule has 0 radical (unpaired) electrons. The Labute approximate surface area is 147 Å². The van der Waals surface area contributed by atoms with Gasteiger partial charge in [0.2, 0.25) is 0 Å². The molecule has 6 heteroatoms. The van der Waals surface area contributed by atoms with Gasteiger partial charge in [0, 0.05) is 25.1 Å². The predicted molar refractivity (Wildman–Crippen MR) is 92.6 cm³/mol. The number of fused-ring (bicyclic) bond motifs is 1. The summed E-state index contributed by atoms with van der Waals surface area (Å²) >= 11 is 0. The van der Waals surface area contributed by atoms with Gasteiger partial charge in [-0.05, 0) is 32.9 Å². The number of hydrogen-bond acceptors (Lipinski definition) is 5. The van der Waals surface area contributed by atoms with Crippen LogP contribution in [0, 0.1) is 6.92 Å². The third kappa shape index (κ3) is 3.02. The Bertz CT molecular complexity index is 778. The second kappa shape index (κ2) is 6.19. The number of carbonyl (C=O) groups is 1. The number of rotatable bonds is 2. The molecular weight excluding hydrogens is 318 g/mol. The molecule has 0 unspecified atom stereocenters. The summed E-state index contributed by atoms with van der Waals surface area (Å²) in [6.07, 6.45) is 4.13. The minimum absolute atomic E-state index is 0.0739. The third-order valence-electron chi connectivity index (χ3n) is 5.40. The molecule has 0 bridgehead atoms. The van der Waals surface area contributed by atoms with Gasteiger partial charge in [0.15, 0.2) is 0 Å². The van der Waals surface area contributed by atoms with Gasteiger partial charge in [0.25, 0.3) is 5.91 Å². The molecule has 6 nitrogen and oxygen atoms in total. The lowest BCUT2D eigenvalue weighted by Crippen LogP contribution is -2.51. The van der Waals surface area contributed by atoms with Crippen molar-refractivity contribution in [1.82, 2.24) is 15.4 Å². The molecule has 1 aromatic carbocycles. The Morgan fingerprint density at radius 2 is 2.08 bits per heavy atom. The number of aryl methyl sites for hydroxylation is 1. The molecule has 0 aliphatic carbocycles. The Morgan fingerprint density at radius 3 is 2.80 bits per heavy atom. The quantitative estimate of drug-likeness (QED) is 0.910. The fourth-order valence-electron chi connectivity index (χ4n) is 3.83. The number of hydrogen-bond donors (Lipinski definition) is 1. The average Bonchev–Trinajstić information content (AvgIpc) is 3.04. The summed E-state index contributed by atoms with van der Waals surface area (Å²) in [6, 6.07) is 7.92. The minimum atomic E-state index is -0.206. The first-order valence-electron chi connectivity index (χ1n) is 8.75. The highest BCUT2D eigenvalue weighted by Crippen LogP contribution is 2.44. The maximum atomic E-state index is 12.7. The van der Waals surface area contributed by atoms with E-state index in [0.717, 1.165) is 43.7 Å². The van der Waals surface area contributed by atoms with Crippen LogP contribution < -0.4 is 10.1 Å². The van der Waals surface area contributed by atoms with E-state index >= 15 is 0 Å². The number of nitrogens with zero attached hydrogens (tertiary/aromatic N) is 2. The fraction of sp³-hybridized carbons (Fsp3) is 0.474. The van der Waals surface area contributed by atoms with E-state index in [0.29, 0.717) is 11.3 Å². The zero-order chi connectivity index (χ0) is 17.4. The number of amides is 1. The highest BCUT2D eigenvalue weighted by molar-refractivity contribution is 5.95. The van der Waals surface area contributed by atoms with Crippen molar-refractivity contribution in [2.75, 3.05) is 20.1 Å². The summed E-state index contributed by atoms with van der Waals surface area (Å²) < 4.78 is 11.3. The predicted octanol–water partition coefficient (Wildman–Crippen LogP) is 2.70. The molecule has 4 rings (SSSR count). The van der Waals surface area contributed by atoms with Gasteiger partial charge in [-0.1, -0.05) is 23.4 Å². The van der Waals surface area contributed by atoms with Crippen molar-refractivity contribution in [1.29, 1.82) is 0 Å². The van der Waals surface area contributed by atoms with Crippen LogP contribution in [0.4, 0.5) is 0 Å². The molecule has 25 heavy (non-hydrogen) atoms. The smallest absolute Gasteiger partial charge is 0.256 e. The van der Waals surface area contributed by atoms with Gasteiger partial charge in [0.05, 0.1) is 11.7 Å². The molecule has 1 spiro atoms. The normalized spacial score (nSPS) is 22.2. The summed E-state index contributed by atoms with van der Waals surface area (Å²) in [7, 11) is 2.14. The van der Waals surface area contributed by atoms with E-state index in [-0.39, 0.29) is 17.6 Å². The summed E-state index contributed by atoms with van der Waals surface area (Å²) in [5.41, 5.74) is 1.92. The molecule has 1 saturated heterocycles. The van der Waals surface area contributed by atoms with Gasteiger partial charge < -0.3 is 19.5 Å². The molecule has 1 N–H and O–H groups in total. The second-order valence-electron chi connectivity index (χ2n) is 7.17. The summed E-state index contributed by atoms with van der Waals surface area (Å²) in [4.78, 5) is 15.0. The monoisotopic (exact) mass is 341 g/mol. The second-order valence-corrected chi connectivity index (χ2v) is 7.17. The van der Waals surface area contributed by atoms with Gasteiger partial charge >= 0.3 is 0 Å². The molecule has 3 heterocycles. The van der Waals surface area contributed by atoms with Crippen molar-refractivity contribution < 1.29 is 14.1 Å². The Kier molecular flexibility index (Phi) is 4.00. The van der Waals surface area contributed by atoms with Crippen molar-refractivity contribution in [3.63, 3.8) is 0 Å². The number of piperidine rings is 1. The number of carbonyl (C=O) groups excluding carboxylic acids is 1. The van der Waals surface area contributed by atoms with Gasteiger partial charge in [-0.2, -0.15) is 0 Å². The van der Waals surface area contributed by atoms with E-state index in [1.165, 1.54) is 6.26 Å². The van der Waals surface area contributed by atoms with Crippen LogP contribution >= 0.6 is 0 Å². The Hall–Kier alpha value is -2.34. The van der Waals surface area contributed by atoms with E-state index < -0.39 is 0 Å². The van der Waals surface area contributed by atoms with E-state index in [4.69, 9.17) is 9.26 Å². The van der Waals surface area contributed by atoms with Crippen LogP contribution in [0.3, 0.4) is 0 Å². The first kappa shape index (κ1) is 16.1. The highest BCUT2D eigenvalue weighted by Gasteiger charge is 2.43. The van der Waals surface area contributed by atoms with Crippen molar-refractivity contribution in [3.05, 3.63) is 47.3 Å². The van der Waals surface area contributed by atoms with Crippen LogP contribution in [-0.2, 0) is 0 Å². The molecule has 1 fully saturated rings. The number of para-hydroxylation sites is 1. The highest BCUT2D eigenvalue weighted by atomic mass is 16.5. The lowest BCUT2D eigenvalue weighted by atomic mass is 9.80. The molecule has 2 aromatic rings. The van der Waals surface area contributed by atoms with Crippen LogP contribution in [0.25, 0.3) is 0 Å². The zero-order valence-corrected chi connectivity index (χ0v) is 14.6. The third-order valence-corrected chi connectivity index (χ3v) is 5.40. The first-order valence-corrected chi connectivity index (χ1v) is 8.75. The average molecular weight is 341 g/mol. The Balaban J connectivity index is 1.61. The molecule has 0 saturated carbocycles. The van der Waals surface area contributed by atoms with Gasteiger partial charge in [-0.25, -0.2) is 0 Å². The van der Waals surface area contributed by atoms with Gasteiger partial charge in [-0.15, -0.1) is 0 Å². The fourth-order valence-corrected chi connectivity index (χ4v) is 3.83. The SMILES string of the molecule is Cc1nocc1C(=O)N[C@H]1CC2(CCN(C)CC2)Oc2ccccc21. The van der Waals surface area contributed by atoms with Crippen LogP contribution in [-0.4, -0.2) is 41.7 Å². The van der Waals surface area contributed by atoms with E-state index in [2.05, 4.69) is 22.4 Å². The van der Waals surface area contributed by atoms with Crippen molar-refractivity contribution in [3.8, 4) is 5.75 Å². The molecular formula is C19H23N3O3. The summed E-state index contributed by atoms with van der Waals surface area (Å²) in [5.74, 6) is 0.731. The molecule has 1 aromatic heterocycles. The molecule has 1 atom stereocenters. The first-order chi connectivity index (χ1) is 12.1. The lowest BCUT2D eigenvalue weighted by molar-refractivity contribution is -0.0195. The minimum Gasteiger partial charge on any atom is -0.487 e. The van der Waals surface area contributed by atoms with Crippen LogP contribution in [0.15, 0.2) is 35.1 Å². The van der Waals surface area contributed by atoms with E-state index in [1.807, 2.05) is 24.3 Å². The maximum absolute atomic E-state index is 12.7. The van der Waals surface area contributed by atoms with Crippen LogP contribution in [0.1, 0.15) is 46.9 Å². The van der Waals surface area contributed by atoms with E-state index in [1.54, 1.807) is 6.92 Å². The number of likely N-dealkylation sites (tertiary alicyclic amines) is 1. The van der Waals surface area contributed by atoms with Crippen molar-refractivity contribution >= 4 is 5.91 Å². The molecule has 1 amide bonds. The lowest BCUT2D eigenvalue weighted by Gasteiger charge is -2.46. The number of aromatic nitrogens is 1. The number of benzene rings is 1. The Morgan fingerprint density at radius 1 is 1.32 bits per heavy atom. The largest absolute Gasteiger partial charge is 0.487 e. The van der Waals surface area contributed by atoms with Gasteiger partial charge in [0.1, 0.15) is 23.2 Å². The molecule has 132 valence electrons.